The van der Waals surface area contributed by atoms with Crippen LogP contribution in [0.3, 0.4) is 0 Å². The van der Waals surface area contributed by atoms with Gasteiger partial charge >= 0.3 is 5.97 Å². The van der Waals surface area contributed by atoms with Gasteiger partial charge in [0.1, 0.15) is 0 Å². The highest BCUT2D eigenvalue weighted by Gasteiger charge is 2.17. The third-order valence-electron chi connectivity index (χ3n) is 4.61. The van der Waals surface area contributed by atoms with Crippen LogP contribution in [0.2, 0.25) is 0 Å². The topological polar surface area (TPSA) is 55.8 Å². The summed E-state index contributed by atoms with van der Waals surface area (Å²) in [6.07, 6.45) is 0. The van der Waals surface area contributed by atoms with Gasteiger partial charge in [0.15, 0.2) is 6.61 Å². The molecule has 0 radical (unpaired) electrons. The van der Waals surface area contributed by atoms with Crippen molar-refractivity contribution in [2.24, 2.45) is 0 Å². The number of amides is 1. The van der Waals surface area contributed by atoms with E-state index in [-0.39, 0.29) is 12.5 Å². The van der Waals surface area contributed by atoms with E-state index in [1.54, 1.807) is 36.3 Å². The lowest BCUT2D eigenvalue weighted by Gasteiger charge is -2.23. The zero-order valence-electron chi connectivity index (χ0n) is 17.0. The molecule has 3 aromatic rings. The van der Waals surface area contributed by atoms with Gasteiger partial charge in [-0.1, -0.05) is 72.8 Å². The number of methoxy groups -OCH3 is 1. The molecule has 0 saturated carbocycles. The average Bonchev–Trinajstić information content (AvgIpc) is 2.79. The molecule has 3 rings (SSSR count). The summed E-state index contributed by atoms with van der Waals surface area (Å²) in [5.41, 5.74) is 3.39. The van der Waals surface area contributed by atoms with E-state index in [0.29, 0.717) is 25.3 Å². The third kappa shape index (κ3) is 6.29. The van der Waals surface area contributed by atoms with Crippen molar-refractivity contribution in [1.82, 2.24) is 4.90 Å². The second-order valence-electron chi connectivity index (χ2n) is 6.93. The molecule has 0 aromatic heterocycles. The Labute approximate surface area is 176 Å². The number of carbonyl (C=O) groups excluding carboxylic acids is 2. The predicted molar refractivity (Wildman–Crippen MR) is 115 cm³/mol. The fourth-order valence-electron chi connectivity index (χ4n) is 3.05. The Balaban J connectivity index is 1.63. The lowest BCUT2D eigenvalue weighted by atomic mass is 10.1. The molecule has 1 amide bonds. The molecule has 0 aliphatic heterocycles. The van der Waals surface area contributed by atoms with E-state index in [0.717, 1.165) is 16.7 Å². The molecule has 0 fully saturated rings. The van der Waals surface area contributed by atoms with Gasteiger partial charge in [0.05, 0.1) is 12.2 Å². The van der Waals surface area contributed by atoms with Crippen LogP contribution < -0.4 is 0 Å². The van der Waals surface area contributed by atoms with Crippen LogP contribution in [0.15, 0.2) is 84.9 Å². The molecule has 0 bridgehead atoms. The fraction of sp³-hybridized carbons (Fsp3) is 0.200. The second kappa shape index (κ2) is 10.9. The largest absolute Gasteiger partial charge is 0.452 e. The molecule has 30 heavy (non-hydrogen) atoms. The molecule has 5 nitrogen and oxygen atoms in total. The normalized spacial score (nSPS) is 10.4. The number of carbonyl (C=O) groups is 2. The van der Waals surface area contributed by atoms with Gasteiger partial charge in [-0.05, 0) is 28.8 Å². The van der Waals surface area contributed by atoms with E-state index in [9.17, 15) is 9.59 Å². The van der Waals surface area contributed by atoms with E-state index < -0.39 is 5.97 Å². The zero-order valence-corrected chi connectivity index (χ0v) is 17.0. The first-order chi connectivity index (χ1) is 14.7. The number of benzene rings is 3. The standard InChI is InChI=1S/C25H25NO4/c1-29-18-22-12-14-23(15-13-22)25(28)30-19-24(27)26(16-20-8-4-2-5-9-20)17-21-10-6-3-7-11-21/h2-15H,16-19H2,1H3. The van der Waals surface area contributed by atoms with Crippen LogP contribution in [0.25, 0.3) is 0 Å². The van der Waals surface area contributed by atoms with E-state index in [2.05, 4.69) is 0 Å². The lowest BCUT2D eigenvalue weighted by Crippen LogP contribution is -2.33. The van der Waals surface area contributed by atoms with Crippen molar-refractivity contribution in [1.29, 1.82) is 0 Å². The van der Waals surface area contributed by atoms with Crippen molar-refractivity contribution in [3.8, 4) is 0 Å². The molecule has 0 N–H and O–H groups in total. The highest BCUT2D eigenvalue weighted by Crippen LogP contribution is 2.12. The Morgan fingerprint density at radius 3 is 1.77 bits per heavy atom. The van der Waals surface area contributed by atoms with Gasteiger partial charge in [-0.3, -0.25) is 4.79 Å². The molecule has 0 saturated heterocycles. The first-order valence-corrected chi connectivity index (χ1v) is 9.76. The quantitative estimate of drug-likeness (QED) is 0.502. The minimum absolute atomic E-state index is 0.243. The highest BCUT2D eigenvalue weighted by molar-refractivity contribution is 5.91. The van der Waals surface area contributed by atoms with Gasteiger partial charge in [0.2, 0.25) is 0 Å². The molecule has 0 aliphatic carbocycles. The first kappa shape index (κ1) is 21.3. The smallest absolute Gasteiger partial charge is 0.338 e. The van der Waals surface area contributed by atoms with Crippen LogP contribution in [0.5, 0.6) is 0 Å². The molecular formula is C25H25NO4. The minimum Gasteiger partial charge on any atom is -0.452 e. The Morgan fingerprint density at radius 2 is 1.27 bits per heavy atom. The van der Waals surface area contributed by atoms with E-state index >= 15 is 0 Å². The van der Waals surface area contributed by atoms with E-state index in [4.69, 9.17) is 9.47 Å². The Morgan fingerprint density at radius 1 is 0.733 bits per heavy atom. The maximum atomic E-state index is 12.9. The van der Waals surface area contributed by atoms with Crippen LogP contribution in [0.1, 0.15) is 27.0 Å². The van der Waals surface area contributed by atoms with Gasteiger partial charge < -0.3 is 14.4 Å². The van der Waals surface area contributed by atoms with Crippen molar-refractivity contribution < 1.29 is 19.1 Å². The summed E-state index contributed by atoms with van der Waals surface area (Å²) >= 11 is 0. The summed E-state index contributed by atoms with van der Waals surface area (Å²) in [5, 5.41) is 0. The van der Waals surface area contributed by atoms with Gasteiger partial charge in [0.25, 0.3) is 5.91 Å². The predicted octanol–water partition coefficient (Wildman–Crippen LogP) is 4.22. The molecule has 154 valence electrons. The SMILES string of the molecule is COCc1ccc(C(=O)OCC(=O)N(Cc2ccccc2)Cc2ccccc2)cc1. The van der Waals surface area contributed by atoms with Crippen LogP contribution in [-0.4, -0.2) is 30.5 Å². The van der Waals surface area contributed by atoms with Gasteiger partial charge in [-0.25, -0.2) is 4.79 Å². The van der Waals surface area contributed by atoms with Crippen molar-refractivity contribution in [2.45, 2.75) is 19.7 Å². The van der Waals surface area contributed by atoms with Gasteiger partial charge in [-0.2, -0.15) is 0 Å². The number of hydrogen-bond acceptors (Lipinski definition) is 4. The molecule has 0 atom stereocenters. The van der Waals surface area contributed by atoms with E-state index in [1.165, 1.54) is 0 Å². The molecule has 0 heterocycles. The summed E-state index contributed by atoms with van der Waals surface area (Å²) in [4.78, 5) is 26.9. The maximum absolute atomic E-state index is 12.9. The van der Waals surface area contributed by atoms with Crippen molar-refractivity contribution >= 4 is 11.9 Å². The molecule has 0 aliphatic rings. The van der Waals surface area contributed by atoms with Crippen LogP contribution in [0.4, 0.5) is 0 Å². The first-order valence-electron chi connectivity index (χ1n) is 9.76. The minimum atomic E-state index is -0.522. The molecule has 3 aromatic carbocycles. The van der Waals surface area contributed by atoms with Crippen LogP contribution >= 0.6 is 0 Å². The number of esters is 1. The highest BCUT2D eigenvalue weighted by atomic mass is 16.5. The van der Waals surface area contributed by atoms with Gasteiger partial charge in [0, 0.05) is 20.2 Å². The maximum Gasteiger partial charge on any atom is 0.338 e. The Bertz CT molecular complexity index is 898. The molecular weight excluding hydrogens is 378 g/mol. The van der Waals surface area contributed by atoms with Crippen molar-refractivity contribution in [3.05, 3.63) is 107 Å². The summed E-state index contributed by atoms with van der Waals surface area (Å²) in [6.45, 7) is 1.05. The number of rotatable bonds is 9. The number of hydrogen-bond donors (Lipinski definition) is 0. The Hall–Kier alpha value is -3.44. The number of nitrogens with zero attached hydrogens (tertiary/aromatic N) is 1. The molecule has 0 unspecified atom stereocenters. The number of ether oxygens (including phenoxy) is 2. The average molecular weight is 403 g/mol. The summed E-state index contributed by atoms with van der Waals surface area (Å²) in [7, 11) is 1.62. The summed E-state index contributed by atoms with van der Waals surface area (Å²) in [6, 6.07) is 26.5. The fourth-order valence-corrected chi connectivity index (χ4v) is 3.05. The third-order valence-corrected chi connectivity index (χ3v) is 4.61. The molecule has 5 heteroatoms. The molecule has 0 spiro atoms. The van der Waals surface area contributed by atoms with Crippen molar-refractivity contribution in [3.63, 3.8) is 0 Å². The lowest BCUT2D eigenvalue weighted by molar-refractivity contribution is -0.135. The second-order valence-corrected chi connectivity index (χ2v) is 6.93. The van der Waals surface area contributed by atoms with Gasteiger partial charge in [-0.15, -0.1) is 0 Å². The van der Waals surface area contributed by atoms with Crippen LogP contribution in [0, 0.1) is 0 Å². The Kier molecular flexibility index (Phi) is 7.75. The van der Waals surface area contributed by atoms with Crippen molar-refractivity contribution in [2.75, 3.05) is 13.7 Å². The summed E-state index contributed by atoms with van der Waals surface area (Å²) < 4.78 is 10.3. The van der Waals surface area contributed by atoms with Crippen LogP contribution in [-0.2, 0) is 34.0 Å². The zero-order chi connectivity index (χ0) is 21.2. The summed E-state index contributed by atoms with van der Waals surface area (Å²) in [5.74, 6) is -0.765. The monoisotopic (exact) mass is 403 g/mol. The van der Waals surface area contributed by atoms with E-state index in [1.807, 2.05) is 60.7 Å².